The van der Waals surface area contributed by atoms with Crippen molar-refractivity contribution in [1.29, 1.82) is 0 Å². The molecule has 0 saturated heterocycles. The third-order valence-electron chi connectivity index (χ3n) is 2.13. The fraction of sp³-hybridized carbons (Fsp3) is 0.273. The number of aliphatic imine (C=N–C) groups is 1. The Hall–Kier alpha value is -1.64. The maximum absolute atomic E-state index is 11.3. The van der Waals surface area contributed by atoms with E-state index in [-0.39, 0.29) is 12.0 Å². The van der Waals surface area contributed by atoms with Crippen LogP contribution in [0.2, 0.25) is 0 Å². The number of hydrogen-bond donors (Lipinski definition) is 0. The van der Waals surface area contributed by atoms with Gasteiger partial charge in [-0.1, -0.05) is 30.3 Å². The number of carbonyl (C=O) groups is 1. The van der Waals surface area contributed by atoms with Crippen LogP contribution in [-0.2, 0) is 16.0 Å². The van der Waals surface area contributed by atoms with Crippen LogP contribution < -0.4 is 0 Å². The highest BCUT2D eigenvalue weighted by Crippen LogP contribution is 2.12. The number of benzene rings is 1. The maximum Gasteiger partial charge on any atom is 0.337 e. The smallest absolute Gasteiger partial charge is 0.337 e. The van der Waals surface area contributed by atoms with Gasteiger partial charge in [0, 0.05) is 13.3 Å². The number of esters is 1. The Labute approximate surface area is 82.4 Å². The van der Waals surface area contributed by atoms with Gasteiger partial charge in [-0.25, -0.2) is 9.79 Å². The van der Waals surface area contributed by atoms with Gasteiger partial charge < -0.3 is 4.74 Å². The minimum atomic E-state index is -0.350. The highest BCUT2D eigenvalue weighted by Gasteiger charge is 2.26. The summed E-state index contributed by atoms with van der Waals surface area (Å²) in [5.41, 5.74) is 1.10. The van der Waals surface area contributed by atoms with Crippen molar-refractivity contribution in [3.05, 3.63) is 35.9 Å². The zero-order chi connectivity index (χ0) is 9.97. The number of carbonyl (C=O) groups excluding carboxylic acids is 1. The van der Waals surface area contributed by atoms with E-state index in [0.29, 0.717) is 12.3 Å². The Morgan fingerprint density at radius 1 is 1.36 bits per heavy atom. The van der Waals surface area contributed by atoms with Gasteiger partial charge in [0.25, 0.3) is 0 Å². The van der Waals surface area contributed by atoms with Gasteiger partial charge in [-0.2, -0.15) is 0 Å². The molecule has 0 bridgehead atoms. The first-order valence-electron chi connectivity index (χ1n) is 4.56. The number of cyclic esters (lactones) is 1. The van der Waals surface area contributed by atoms with E-state index < -0.39 is 0 Å². The average molecular weight is 189 g/mol. The summed E-state index contributed by atoms with van der Waals surface area (Å²) >= 11 is 0. The van der Waals surface area contributed by atoms with Crippen molar-refractivity contribution in [2.45, 2.75) is 19.4 Å². The summed E-state index contributed by atoms with van der Waals surface area (Å²) in [6.07, 6.45) is 0.622. The van der Waals surface area contributed by atoms with E-state index in [1.807, 2.05) is 30.3 Å². The number of hydrogen-bond acceptors (Lipinski definition) is 3. The lowest BCUT2D eigenvalue weighted by Crippen LogP contribution is -2.17. The molecule has 0 radical (unpaired) electrons. The third-order valence-corrected chi connectivity index (χ3v) is 2.13. The molecule has 72 valence electrons. The van der Waals surface area contributed by atoms with Crippen LogP contribution in [0.1, 0.15) is 12.5 Å². The van der Waals surface area contributed by atoms with E-state index in [1.54, 1.807) is 6.92 Å². The molecular weight excluding hydrogens is 178 g/mol. The molecule has 1 aliphatic heterocycles. The van der Waals surface area contributed by atoms with Crippen LogP contribution in [0.4, 0.5) is 0 Å². The molecule has 0 amide bonds. The minimum absolute atomic E-state index is 0.244. The quantitative estimate of drug-likeness (QED) is 0.662. The number of nitrogens with zero attached hydrogens (tertiary/aromatic N) is 1. The van der Waals surface area contributed by atoms with Crippen molar-refractivity contribution in [2.75, 3.05) is 0 Å². The summed E-state index contributed by atoms with van der Waals surface area (Å²) in [6, 6.07) is 9.47. The third kappa shape index (κ3) is 1.82. The SMILES string of the molecule is CC1=N[C@@H](Cc2ccccc2)C(=O)O1. The second kappa shape index (κ2) is 3.62. The van der Waals surface area contributed by atoms with Crippen LogP contribution in [0.3, 0.4) is 0 Å². The van der Waals surface area contributed by atoms with E-state index in [0.717, 1.165) is 5.56 Å². The first kappa shape index (κ1) is 8.94. The Morgan fingerprint density at radius 3 is 2.64 bits per heavy atom. The maximum atomic E-state index is 11.3. The lowest BCUT2D eigenvalue weighted by Gasteiger charge is -2.02. The highest BCUT2D eigenvalue weighted by atomic mass is 16.6. The van der Waals surface area contributed by atoms with Crippen LogP contribution >= 0.6 is 0 Å². The molecule has 0 N–H and O–H groups in total. The Balaban J connectivity index is 2.09. The monoisotopic (exact) mass is 189 g/mol. The normalized spacial score (nSPS) is 20.5. The van der Waals surface area contributed by atoms with E-state index >= 15 is 0 Å². The largest absolute Gasteiger partial charge is 0.411 e. The Bertz CT molecular complexity index is 370. The zero-order valence-electron chi connectivity index (χ0n) is 7.93. The van der Waals surface area contributed by atoms with E-state index in [9.17, 15) is 4.79 Å². The molecule has 0 fully saturated rings. The van der Waals surface area contributed by atoms with Crippen molar-refractivity contribution in [3.8, 4) is 0 Å². The number of rotatable bonds is 2. The molecule has 2 rings (SSSR count). The second-order valence-electron chi connectivity index (χ2n) is 3.27. The average Bonchev–Trinajstić information content (AvgIpc) is 2.47. The van der Waals surface area contributed by atoms with Gasteiger partial charge in [0.2, 0.25) is 0 Å². The molecule has 1 heterocycles. The van der Waals surface area contributed by atoms with Crippen LogP contribution in [0.5, 0.6) is 0 Å². The fourth-order valence-electron chi connectivity index (χ4n) is 1.48. The van der Waals surface area contributed by atoms with Crippen LogP contribution in [0, 0.1) is 0 Å². The lowest BCUT2D eigenvalue weighted by atomic mass is 10.1. The molecule has 0 saturated carbocycles. The van der Waals surface area contributed by atoms with Gasteiger partial charge in [-0.15, -0.1) is 0 Å². The molecule has 1 aromatic carbocycles. The molecule has 3 heteroatoms. The summed E-state index contributed by atoms with van der Waals surface area (Å²) in [6.45, 7) is 1.70. The second-order valence-corrected chi connectivity index (χ2v) is 3.27. The Morgan fingerprint density at radius 2 is 2.07 bits per heavy atom. The topological polar surface area (TPSA) is 38.7 Å². The molecule has 0 aromatic heterocycles. The Kier molecular flexibility index (Phi) is 2.31. The first-order valence-corrected chi connectivity index (χ1v) is 4.56. The van der Waals surface area contributed by atoms with Gasteiger partial charge >= 0.3 is 5.97 Å². The van der Waals surface area contributed by atoms with Crippen LogP contribution in [0.25, 0.3) is 0 Å². The van der Waals surface area contributed by atoms with Gasteiger partial charge in [-0.3, -0.25) is 0 Å². The zero-order valence-corrected chi connectivity index (χ0v) is 7.93. The molecular formula is C11H11NO2. The molecule has 1 aliphatic rings. The van der Waals surface area contributed by atoms with Crippen LogP contribution in [0.15, 0.2) is 35.3 Å². The van der Waals surface area contributed by atoms with Crippen molar-refractivity contribution in [1.82, 2.24) is 0 Å². The summed E-state index contributed by atoms with van der Waals surface area (Å²) in [7, 11) is 0. The van der Waals surface area contributed by atoms with Gasteiger partial charge in [0.1, 0.15) is 0 Å². The molecule has 14 heavy (non-hydrogen) atoms. The van der Waals surface area contributed by atoms with Crippen molar-refractivity contribution < 1.29 is 9.53 Å². The van der Waals surface area contributed by atoms with E-state index in [1.165, 1.54) is 0 Å². The summed E-state index contributed by atoms with van der Waals surface area (Å²) < 4.78 is 4.86. The fourth-order valence-corrected chi connectivity index (χ4v) is 1.48. The first-order chi connectivity index (χ1) is 6.75. The minimum Gasteiger partial charge on any atom is -0.411 e. The standard InChI is InChI=1S/C11H11NO2/c1-8-12-10(11(13)14-8)7-9-5-3-2-4-6-9/h2-6,10H,7H2,1H3/t10-/m0/s1. The molecule has 0 spiro atoms. The van der Waals surface area contributed by atoms with Gasteiger partial charge in [0.05, 0.1) is 0 Å². The lowest BCUT2D eigenvalue weighted by molar-refractivity contribution is -0.134. The molecule has 3 nitrogen and oxygen atoms in total. The van der Waals surface area contributed by atoms with Crippen molar-refractivity contribution >= 4 is 11.9 Å². The summed E-state index contributed by atoms with van der Waals surface area (Å²) in [5, 5.41) is 0. The highest BCUT2D eigenvalue weighted by molar-refractivity contribution is 5.96. The number of ether oxygens (including phenoxy) is 1. The van der Waals surface area contributed by atoms with E-state index in [2.05, 4.69) is 4.99 Å². The van der Waals surface area contributed by atoms with Crippen LogP contribution in [-0.4, -0.2) is 17.9 Å². The molecule has 1 aromatic rings. The van der Waals surface area contributed by atoms with Crippen molar-refractivity contribution in [3.63, 3.8) is 0 Å². The van der Waals surface area contributed by atoms with Gasteiger partial charge in [0.15, 0.2) is 11.9 Å². The molecule has 0 aliphatic carbocycles. The summed E-state index contributed by atoms with van der Waals surface area (Å²) in [5.74, 6) is 0.224. The predicted molar refractivity (Wildman–Crippen MR) is 53.1 cm³/mol. The summed E-state index contributed by atoms with van der Waals surface area (Å²) in [4.78, 5) is 15.4. The van der Waals surface area contributed by atoms with Gasteiger partial charge in [-0.05, 0) is 5.56 Å². The van der Waals surface area contributed by atoms with E-state index in [4.69, 9.17) is 4.74 Å². The molecule has 1 atom stereocenters. The molecule has 0 unspecified atom stereocenters. The van der Waals surface area contributed by atoms with Crippen molar-refractivity contribution in [2.24, 2.45) is 4.99 Å². The predicted octanol–water partition coefficient (Wildman–Crippen LogP) is 1.57.